The van der Waals surface area contributed by atoms with Crippen LogP contribution in [0.4, 0.5) is 10.5 Å². The van der Waals surface area contributed by atoms with Gasteiger partial charge in [0.05, 0.1) is 5.60 Å². The Morgan fingerprint density at radius 1 is 1.42 bits per heavy atom. The van der Waals surface area contributed by atoms with Gasteiger partial charge in [0.1, 0.15) is 0 Å². The summed E-state index contributed by atoms with van der Waals surface area (Å²) in [6.07, 6.45) is 3.55. The minimum Gasteiger partial charge on any atom is -0.388 e. The quantitative estimate of drug-likeness (QED) is 0.798. The molecule has 0 spiro atoms. The molecule has 1 aliphatic rings. The number of anilines is 1. The lowest BCUT2D eigenvalue weighted by molar-refractivity contribution is 0.0506. The number of rotatable bonds is 3. The van der Waals surface area contributed by atoms with Crippen LogP contribution in [0, 0.1) is 6.92 Å². The first kappa shape index (κ1) is 14.2. The summed E-state index contributed by atoms with van der Waals surface area (Å²) in [5.41, 5.74) is 0.781. The molecular formula is C14H19ClN2O2. The number of nitrogens with one attached hydrogen (secondary N) is 2. The van der Waals surface area contributed by atoms with Gasteiger partial charge in [0.2, 0.25) is 0 Å². The van der Waals surface area contributed by atoms with Crippen molar-refractivity contribution in [1.82, 2.24) is 5.32 Å². The Kier molecular flexibility index (Phi) is 4.32. The lowest BCUT2D eigenvalue weighted by Crippen LogP contribution is -2.42. The molecular weight excluding hydrogens is 264 g/mol. The van der Waals surface area contributed by atoms with Crippen LogP contribution in [0.5, 0.6) is 0 Å². The molecule has 0 heterocycles. The Balaban J connectivity index is 1.89. The molecule has 1 aliphatic carbocycles. The smallest absolute Gasteiger partial charge is 0.319 e. The van der Waals surface area contributed by atoms with Crippen molar-refractivity contribution in [1.29, 1.82) is 0 Å². The maximum atomic E-state index is 11.8. The van der Waals surface area contributed by atoms with Crippen molar-refractivity contribution < 1.29 is 9.90 Å². The maximum absolute atomic E-state index is 11.8. The predicted molar refractivity (Wildman–Crippen MR) is 76.6 cm³/mol. The van der Waals surface area contributed by atoms with Crippen LogP contribution >= 0.6 is 11.6 Å². The normalized spacial score (nSPS) is 17.2. The first-order chi connectivity index (χ1) is 9.00. The third kappa shape index (κ3) is 3.61. The zero-order valence-electron chi connectivity index (χ0n) is 11.0. The van der Waals surface area contributed by atoms with Crippen LogP contribution in [-0.4, -0.2) is 23.3 Å². The lowest BCUT2D eigenvalue weighted by Gasteiger charge is -2.22. The van der Waals surface area contributed by atoms with E-state index >= 15 is 0 Å². The van der Waals surface area contributed by atoms with E-state index in [4.69, 9.17) is 11.6 Å². The molecule has 3 N–H and O–H groups in total. The molecule has 5 heteroatoms. The van der Waals surface area contributed by atoms with E-state index in [0.29, 0.717) is 17.3 Å². The first-order valence-electron chi connectivity index (χ1n) is 6.52. The van der Waals surface area contributed by atoms with Crippen LogP contribution in [0.2, 0.25) is 5.02 Å². The van der Waals surface area contributed by atoms with Crippen molar-refractivity contribution in [2.45, 2.75) is 38.2 Å². The maximum Gasteiger partial charge on any atom is 0.319 e. The number of hydrogen-bond acceptors (Lipinski definition) is 2. The highest BCUT2D eigenvalue weighted by Crippen LogP contribution is 2.28. The van der Waals surface area contributed by atoms with Gasteiger partial charge in [0.15, 0.2) is 0 Å². The van der Waals surface area contributed by atoms with E-state index in [1.807, 2.05) is 6.92 Å². The summed E-state index contributed by atoms with van der Waals surface area (Å²) in [5.74, 6) is 0. The molecule has 0 aliphatic heterocycles. The van der Waals surface area contributed by atoms with Gasteiger partial charge in [-0.25, -0.2) is 4.79 Å². The summed E-state index contributed by atoms with van der Waals surface area (Å²) in [5, 5.41) is 16.2. The summed E-state index contributed by atoms with van der Waals surface area (Å²) in [7, 11) is 0. The van der Waals surface area contributed by atoms with Crippen LogP contribution in [-0.2, 0) is 0 Å². The summed E-state index contributed by atoms with van der Waals surface area (Å²) in [4.78, 5) is 11.8. The van der Waals surface area contributed by atoms with Gasteiger partial charge in [0, 0.05) is 17.3 Å². The Labute approximate surface area is 118 Å². The summed E-state index contributed by atoms with van der Waals surface area (Å²) in [6, 6.07) is 5.05. The van der Waals surface area contributed by atoms with E-state index in [1.165, 1.54) is 0 Å². The van der Waals surface area contributed by atoms with Crippen molar-refractivity contribution in [2.75, 3.05) is 11.9 Å². The van der Waals surface area contributed by atoms with E-state index in [9.17, 15) is 9.90 Å². The number of hydrogen-bond donors (Lipinski definition) is 3. The Morgan fingerprint density at radius 3 is 2.79 bits per heavy atom. The minimum absolute atomic E-state index is 0.290. The molecule has 0 unspecified atom stereocenters. The van der Waals surface area contributed by atoms with E-state index in [2.05, 4.69) is 10.6 Å². The zero-order chi connectivity index (χ0) is 13.9. The molecule has 19 heavy (non-hydrogen) atoms. The third-order valence-corrected chi connectivity index (χ3v) is 4.04. The summed E-state index contributed by atoms with van der Waals surface area (Å²) >= 11 is 5.99. The van der Waals surface area contributed by atoms with Crippen molar-refractivity contribution >= 4 is 23.3 Å². The molecule has 0 aromatic heterocycles. The molecule has 0 saturated heterocycles. The third-order valence-electron chi connectivity index (χ3n) is 3.63. The van der Waals surface area contributed by atoms with Gasteiger partial charge < -0.3 is 15.7 Å². The largest absolute Gasteiger partial charge is 0.388 e. The number of aliphatic hydroxyl groups is 1. The molecule has 1 fully saturated rings. The summed E-state index contributed by atoms with van der Waals surface area (Å²) < 4.78 is 0. The molecule has 1 aromatic carbocycles. The van der Waals surface area contributed by atoms with Crippen molar-refractivity contribution in [3.8, 4) is 0 Å². The predicted octanol–water partition coefficient (Wildman–Crippen LogP) is 3.08. The fourth-order valence-electron chi connectivity index (χ4n) is 2.36. The van der Waals surface area contributed by atoms with Crippen LogP contribution in [0.3, 0.4) is 0 Å². The van der Waals surface area contributed by atoms with Crippen LogP contribution in [0.25, 0.3) is 0 Å². The van der Waals surface area contributed by atoms with E-state index in [-0.39, 0.29) is 6.03 Å². The Hall–Kier alpha value is -1.26. The summed E-state index contributed by atoms with van der Waals surface area (Å²) in [6.45, 7) is 2.14. The highest BCUT2D eigenvalue weighted by molar-refractivity contribution is 6.31. The number of carbonyl (C=O) groups is 1. The highest BCUT2D eigenvalue weighted by Gasteiger charge is 2.31. The van der Waals surface area contributed by atoms with Crippen molar-refractivity contribution in [2.24, 2.45) is 0 Å². The van der Waals surface area contributed by atoms with E-state index < -0.39 is 5.60 Å². The van der Waals surface area contributed by atoms with E-state index in [1.54, 1.807) is 18.2 Å². The highest BCUT2D eigenvalue weighted by atomic mass is 35.5. The van der Waals surface area contributed by atoms with Gasteiger partial charge in [-0.05, 0) is 37.5 Å². The van der Waals surface area contributed by atoms with Crippen LogP contribution in [0.15, 0.2) is 18.2 Å². The Bertz CT molecular complexity index is 471. The average molecular weight is 283 g/mol. The number of carbonyl (C=O) groups excluding carboxylic acids is 1. The molecule has 104 valence electrons. The molecule has 2 amide bonds. The Morgan fingerprint density at radius 2 is 2.11 bits per heavy atom. The number of halogens is 1. The van der Waals surface area contributed by atoms with Gasteiger partial charge in [-0.1, -0.05) is 30.5 Å². The van der Waals surface area contributed by atoms with Crippen molar-refractivity contribution in [3.05, 3.63) is 28.8 Å². The van der Waals surface area contributed by atoms with Gasteiger partial charge in [-0.15, -0.1) is 0 Å². The number of urea groups is 1. The molecule has 0 atom stereocenters. The number of amides is 2. The second-order valence-corrected chi connectivity index (χ2v) is 5.56. The second kappa shape index (κ2) is 5.80. The molecule has 0 radical (unpaired) electrons. The monoisotopic (exact) mass is 282 g/mol. The first-order valence-corrected chi connectivity index (χ1v) is 6.90. The fourth-order valence-corrected chi connectivity index (χ4v) is 2.54. The molecule has 2 rings (SSSR count). The lowest BCUT2D eigenvalue weighted by atomic mass is 10.0. The zero-order valence-corrected chi connectivity index (χ0v) is 11.8. The van der Waals surface area contributed by atoms with Gasteiger partial charge >= 0.3 is 6.03 Å². The molecule has 1 saturated carbocycles. The van der Waals surface area contributed by atoms with Gasteiger partial charge in [-0.2, -0.15) is 0 Å². The van der Waals surface area contributed by atoms with Crippen LogP contribution < -0.4 is 10.6 Å². The second-order valence-electron chi connectivity index (χ2n) is 5.15. The van der Waals surface area contributed by atoms with Gasteiger partial charge in [-0.3, -0.25) is 0 Å². The number of benzene rings is 1. The average Bonchev–Trinajstić information content (AvgIpc) is 2.80. The fraction of sp³-hybridized carbons (Fsp3) is 0.500. The topological polar surface area (TPSA) is 61.4 Å². The van der Waals surface area contributed by atoms with Crippen LogP contribution in [0.1, 0.15) is 31.2 Å². The standard InChI is InChI=1S/C14H19ClN2O2/c1-10-11(15)5-4-6-12(10)17-13(18)16-9-14(19)7-2-3-8-14/h4-6,19H,2-3,7-9H2,1H3,(H2,16,17,18). The van der Waals surface area contributed by atoms with E-state index in [0.717, 1.165) is 31.2 Å². The van der Waals surface area contributed by atoms with Gasteiger partial charge in [0.25, 0.3) is 0 Å². The molecule has 0 bridgehead atoms. The molecule has 1 aromatic rings. The molecule has 4 nitrogen and oxygen atoms in total. The SMILES string of the molecule is Cc1c(Cl)cccc1NC(=O)NCC1(O)CCCC1. The minimum atomic E-state index is -0.735. The van der Waals surface area contributed by atoms with Crippen molar-refractivity contribution in [3.63, 3.8) is 0 Å².